The number of allylic oxidation sites excluding steroid dienone is 1. The van der Waals surface area contributed by atoms with Crippen LogP contribution in [0.25, 0.3) is 0 Å². The average molecular weight is 737 g/mol. The molecule has 2 N–H and O–H groups in total. The number of phenolic OH excluding ortho intramolecular Hbond substituents is 1. The Morgan fingerprint density at radius 1 is 0.764 bits per heavy atom. The van der Waals surface area contributed by atoms with Crippen LogP contribution in [0.2, 0.25) is 0 Å². The Hall–Kier alpha value is -5.08. The van der Waals surface area contributed by atoms with Crippen molar-refractivity contribution in [1.29, 1.82) is 0 Å². The predicted octanol–water partition coefficient (Wildman–Crippen LogP) is 7.76. The van der Waals surface area contributed by atoms with Gasteiger partial charge in [-0.15, -0.1) is 0 Å². The van der Waals surface area contributed by atoms with Crippen LogP contribution in [0, 0.1) is 5.92 Å². The van der Waals surface area contributed by atoms with E-state index in [1.165, 1.54) is 40.8 Å². The normalized spacial score (nSPS) is 23.7. The topological polar surface area (TPSA) is 85.4 Å². The van der Waals surface area contributed by atoms with E-state index in [1.54, 1.807) is 4.90 Å². The SMILES string of the molecule is C=C1CC[C@H](N2Cc3cc(OC4CCN(CC5CCN(c6ccc([C@@H]7c8ccc(O)cc8CC[C@@H]7c7ccccc7)cc6)CC5)CC4)ccc3C2=O)C(=O)N1. The number of phenols is 1. The summed E-state index contributed by atoms with van der Waals surface area (Å²) in [5.41, 5.74) is 8.99. The van der Waals surface area contributed by atoms with Crippen molar-refractivity contribution in [3.63, 3.8) is 0 Å². The van der Waals surface area contributed by atoms with Gasteiger partial charge in [0, 0.05) is 62.1 Å². The van der Waals surface area contributed by atoms with Crippen molar-refractivity contribution in [3.8, 4) is 11.5 Å². The number of aryl methyl sites for hydroxylation is 1. The fourth-order valence-electron chi connectivity index (χ4n) is 10.0. The first-order valence-electron chi connectivity index (χ1n) is 20.4. The molecule has 0 spiro atoms. The second kappa shape index (κ2) is 15.2. The van der Waals surface area contributed by atoms with Crippen molar-refractivity contribution in [2.75, 3.05) is 37.6 Å². The number of carbonyl (C=O) groups excluding carboxylic acids is 2. The third-order valence-corrected chi connectivity index (χ3v) is 13.0. The smallest absolute Gasteiger partial charge is 0.255 e. The second-order valence-electron chi connectivity index (χ2n) is 16.5. The molecule has 3 atom stereocenters. The number of carbonyl (C=O) groups is 2. The molecular formula is C47H52N4O4. The van der Waals surface area contributed by atoms with E-state index in [9.17, 15) is 14.7 Å². The minimum absolute atomic E-state index is 0.0761. The number of benzene rings is 4. The lowest BCUT2D eigenvalue weighted by Gasteiger charge is -2.38. The lowest BCUT2D eigenvalue weighted by atomic mass is 9.69. The van der Waals surface area contributed by atoms with Gasteiger partial charge in [0.05, 0.1) is 0 Å². The van der Waals surface area contributed by atoms with Crippen molar-refractivity contribution >= 4 is 17.5 Å². The lowest BCUT2D eigenvalue weighted by molar-refractivity contribution is -0.126. The molecule has 3 fully saturated rings. The summed E-state index contributed by atoms with van der Waals surface area (Å²) < 4.78 is 6.47. The number of hydrogen-bond acceptors (Lipinski definition) is 6. The second-order valence-corrected chi connectivity index (χ2v) is 16.5. The first-order valence-corrected chi connectivity index (χ1v) is 20.4. The summed E-state index contributed by atoms with van der Waals surface area (Å²) in [7, 11) is 0. The van der Waals surface area contributed by atoms with Crippen LogP contribution in [-0.2, 0) is 17.8 Å². The molecule has 9 rings (SSSR count). The molecule has 2 amide bonds. The number of anilines is 1. The quantitative estimate of drug-likeness (QED) is 0.193. The van der Waals surface area contributed by atoms with Gasteiger partial charge in [-0.2, -0.15) is 0 Å². The maximum absolute atomic E-state index is 13.1. The van der Waals surface area contributed by atoms with Crippen molar-refractivity contribution < 1.29 is 19.4 Å². The molecule has 8 nitrogen and oxygen atoms in total. The van der Waals surface area contributed by atoms with E-state index >= 15 is 0 Å². The zero-order chi connectivity index (χ0) is 37.5. The van der Waals surface area contributed by atoms with Gasteiger partial charge in [-0.1, -0.05) is 55.1 Å². The zero-order valence-corrected chi connectivity index (χ0v) is 31.7. The Labute approximate surface area is 324 Å². The minimum Gasteiger partial charge on any atom is -0.508 e. The van der Waals surface area contributed by atoms with Crippen molar-refractivity contribution in [3.05, 3.63) is 137 Å². The number of ether oxygens (including phenoxy) is 1. The number of amides is 2. The molecule has 4 aromatic carbocycles. The highest BCUT2D eigenvalue weighted by molar-refractivity contribution is 6.01. The molecule has 0 saturated carbocycles. The van der Waals surface area contributed by atoms with Crippen LogP contribution in [0.3, 0.4) is 0 Å². The van der Waals surface area contributed by atoms with Crippen LogP contribution in [0.4, 0.5) is 5.69 Å². The van der Waals surface area contributed by atoms with Gasteiger partial charge >= 0.3 is 0 Å². The summed E-state index contributed by atoms with van der Waals surface area (Å²) in [6.45, 7) is 9.70. The van der Waals surface area contributed by atoms with Crippen LogP contribution in [-0.4, -0.2) is 71.6 Å². The lowest BCUT2D eigenvalue weighted by Crippen LogP contribution is -2.49. The molecule has 1 aliphatic carbocycles. The van der Waals surface area contributed by atoms with E-state index in [1.807, 2.05) is 30.3 Å². The van der Waals surface area contributed by atoms with E-state index in [0.29, 0.717) is 42.5 Å². The summed E-state index contributed by atoms with van der Waals surface area (Å²) in [6.07, 6.45) is 7.93. The van der Waals surface area contributed by atoms with Gasteiger partial charge in [0.25, 0.3) is 5.91 Å². The third-order valence-electron chi connectivity index (χ3n) is 13.0. The molecule has 3 saturated heterocycles. The van der Waals surface area contributed by atoms with Crippen molar-refractivity contribution in [2.24, 2.45) is 5.92 Å². The number of nitrogens with one attached hydrogen (secondary N) is 1. The zero-order valence-electron chi connectivity index (χ0n) is 31.7. The molecule has 5 aliphatic rings. The van der Waals surface area contributed by atoms with Crippen LogP contribution in [0.5, 0.6) is 11.5 Å². The number of hydrogen-bond donors (Lipinski definition) is 2. The third kappa shape index (κ3) is 7.37. The first-order chi connectivity index (χ1) is 26.9. The van der Waals surface area contributed by atoms with E-state index in [4.69, 9.17) is 4.74 Å². The molecule has 4 heterocycles. The number of fused-ring (bicyclic) bond motifs is 2. The number of rotatable bonds is 8. The highest BCUT2D eigenvalue weighted by atomic mass is 16.5. The highest BCUT2D eigenvalue weighted by Crippen LogP contribution is 2.47. The minimum atomic E-state index is -0.449. The summed E-state index contributed by atoms with van der Waals surface area (Å²) in [5.74, 6) is 2.34. The summed E-state index contributed by atoms with van der Waals surface area (Å²) in [6, 6.07) is 31.6. The number of likely N-dealkylation sites (tertiary alicyclic amines) is 1. The molecule has 284 valence electrons. The van der Waals surface area contributed by atoms with E-state index in [2.05, 4.69) is 82.4 Å². The fourth-order valence-corrected chi connectivity index (χ4v) is 10.0. The van der Waals surface area contributed by atoms with Crippen LogP contribution in [0.1, 0.15) is 95.0 Å². The van der Waals surface area contributed by atoms with Crippen molar-refractivity contribution in [2.45, 2.75) is 81.9 Å². The van der Waals surface area contributed by atoms with Gasteiger partial charge in [-0.25, -0.2) is 0 Å². The van der Waals surface area contributed by atoms with Gasteiger partial charge < -0.3 is 29.9 Å². The van der Waals surface area contributed by atoms with E-state index in [-0.39, 0.29) is 23.8 Å². The molecule has 4 aromatic rings. The standard InChI is InChI=1S/C47H52N4O4/c1-31-7-18-44(46(53)48-31)51-30-36-28-40(14-17-43(36)47(51)54)55-39-21-23-49(24-22-39)29-32-19-25-50(26-20-32)37-11-8-34(9-12-37)45-41(33-5-3-2-4-6-33)15-10-35-27-38(52)13-16-42(35)45/h2-6,8-9,11-14,16-17,27-28,32,39,41,44-45,52H,1,7,10,15,18-26,29-30H2,(H,48,53)/t41-,44+,45+/m1/s1. The average Bonchev–Trinajstić information content (AvgIpc) is 3.53. The highest BCUT2D eigenvalue weighted by Gasteiger charge is 2.38. The predicted molar refractivity (Wildman–Crippen MR) is 216 cm³/mol. The Kier molecular flexibility index (Phi) is 9.85. The summed E-state index contributed by atoms with van der Waals surface area (Å²) >= 11 is 0. The number of aromatic hydroxyl groups is 1. The maximum atomic E-state index is 13.1. The van der Waals surface area contributed by atoms with Crippen molar-refractivity contribution in [1.82, 2.24) is 15.1 Å². The van der Waals surface area contributed by atoms with Gasteiger partial charge in [-0.3, -0.25) is 9.59 Å². The Morgan fingerprint density at radius 3 is 2.31 bits per heavy atom. The molecule has 4 aliphatic heterocycles. The fraction of sp³-hybridized carbons (Fsp3) is 0.404. The van der Waals surface area contributed by atoms with Gasteiger partial charge in [-0.05, 0) is 133 Å². The summed E-state index contributed by atoms with van der Waals surface area (Å²) in [5, 5.41) is 13.0. The summed E-state index contributed by atoms with van der Waals surface area (Å²) in [4.78, 5) is 32.6. The Balaban J connectivity index is 0.758. The van der Waals surface area contributed by atoms with Gasteiger partial charge in [0.2, 0.25) is 5.91 Å². The molecule has 0 aromatic heterocycles. The van der Waals surface area contributed by atoms with Gasteiger partial charge in [0.15, 0.2) is 0 Å². The first kappa shape index (κ1) is 35.6. The van der Waals surface area contributed by atoms with Crippen LogP contribution < -0.4 is 15.0 Å². The molecule has 55 heavy (non-hydrogen) atoms. The molecule has 0 unspecified atom stereocenters. The molecule has 8 heteroatoms. The number of piperidine rings is 3. The molecular weight excluding hydrogens is 685 g/mol. The van der Waals surface area contributed by atoms with Crippen LogP contribution >= 0.6 is 0 Å². The molecule has 0 bridgehead atoms. The molecule has 0 radical (unpaired) electrons. The van der Waals surface area contributed by atoms with Crippen LogP contribution in [0.15, 0.2) is 103 Å². The van der Waals surface area contributed by atoms with Gasteiger partial charge in [0.1, 0.15) is 23.6 Å². The monoisotopic (exact) mass is 736 g/mol. The van der Waals surface area contributed by atoms with E-state index in [0.717, 1.165) is 75.4 Å². The largest absolute Gasteiger partial charge is 0.508 e. The van der Waals surface area contributed by atoms with E-state index < -0.39 is 6.04 Å². The Bertz CT molecular complexity index is 2050. The Morgan fingerprint density at radius 2 is 1.55 bits per heavy atom. The maximum Gasteiger partial charge on any atom is 0.255 e. The number of nitrogens with zero attached hydrogens (tertiary/aromatic N) is 3.